The van der Waals surface area contributed by atoms with E-state index in [0.717, 1.165) is 44.6 Å². The smallest absolute Gasteiger partial charge is 0.328 e. The van der Waals surface area contributed by atoms with E-state index in [-0.39, 0.29) is 37.0 Å². The summed E-state index contributed by atoms with van der Waals surface area (Å²) >= 11 is 1.48. The van der Waals surface area contributed by atoms with Crippen LogP contribution in [0, 0.1) is 5.92 Å². The number of hydrogen-bond acceptors (Lipinski definition) is 11. The zero-order valence-corrected chi connectivity index (χ0v) is 32.8. The Morgan fingerprint density at radius 1 is 0.845 bits per heavy atom. The van der Waals surface area contributed by atoms with Crippen molar-refractivity contribution in [1.82, 2.24) is 30.8 Å². The number of phenols is 1. The van der Waals surface area contributed by atoms with Gasteiger partial charge in [0, 0.05) is 30.2 Å². The number of nitrogens with one attached hydrogen (secondary N) is 2. The summed E-state index contributed by atoms with van der Waals surface area (Å²) in [6.45, 7) is 2.31. The molecular weight excluding hydrogens is 757 g/mol. The van der Waals surface area contributed by atoms with E-state index in [0.29, 0.717) is 17.3 Å². The summed E-state index contributed by atoms with van der Waals surface area (Å²) in [6.07, 6.45) is -0.911. The lowest BCUT2D eigenvalue weighted by atomic mass is 9.91. The molecule has 58 heavy (non-hydrogen) atoms. The van der Waals surface area contributed by atoms with Crippen molar-refractivity contribution in [2.24, 2.45) is 5.92 Å². The van der Waals surface area contributed by atoms with E-state index in [1.54, 1.807) is 28.9 Å². The predicted molar refractivity (Wildman–Crippen MR) is 218 cm³/mol. The van der Waals surface area contributed by atoms with Crippen LogP contribution in [0.5, 0.6) is 5.75 Å². The molecule has 1 aromatic heterocycles. The number of hydrogen-bond donors (Lipinski definition) is 4. The summed E-state index contributed by atoms with van der Waals surface area (Å²) in [5.41, 5.74) is 7.09. The lowest BCUT2D eigenvalue weighted by Gasteiger charge is -2.41. The maximum absolute atomic E-state index is 12.9. The minimum Gasteiger partial charge on any atom is -0.508 e. The van der Waals surface area contributed by atoms with Crippen LogP contribution in [0.4, 0.5) is 4.79 Å². The second kappa shape index (κ2) is 18.9. The number of carbonyl (C=O) groups is 2. The summed E-state index contributed by atoms with van der Waals surface area (Å²) in [6, 6.07) is 38.5. The molecule has 2 amide bonds. The summed E-state index contributed by atoms with van der Waals surface area (Å²) in [7, 11) is 1.30. The van der Waals surface area contributed by atoms with Gasteiger partial charge >= 0.3 is 12.0 Å². The Morgan fingerprint density at radius 3 is 2.29 bits per heavy atom. The Balaban J connectivity index is 1.03. The maximum Gasteiger partial charge on any atom is 0.328 e. The monoisotopic (exact) mass is 800 g/mol. The number of nitrogens with zero attached hydrogens (tertiary/aromatic N) is 4. The highest BCUT2D eigenvalue weighted by molar-refractivity contribution is 7.99. The SMILES string of the molecule is COC(=O)[C@H](Cc1ccccc1)NC(=O)NCc1cccc(-c2ccc([C@H]3O[C@@H](CSc4nnnn4-c4ccc(O)cc4)[C@@H](C)[C@@H](c4ccc(CO)cc4)O3)cc2)c1. The maximum atomic E-state index is 12.9. The van der Waals surface area contributed by atoms with Gasteiger partial charge in [-0.1, -0.05) is 116 Å². The number of urea groups is 1. The van der Waals surface area contributed by atoms with E-state index in [1.807, 2.05) is 103 Å². The highest BCUT2D eigenvalue weighted by atomic mass is 32.2. The third kappa shape index (κ3) is 9.90. The largest absolute Gasteiger partial charge is 0.508 e. The van der Waals surface area contributed by atoms with E-state index < -0.39 is 24.3 Å². The molecule has 5 atom stereocenters. The van der Waals surface area contributed by atoms with E-state index in [4.69, 9.17) is 14.2 Å². The van der Waals surface area contributed by atoms with Crippen molar-refractivity contribution < 1.29 is 34.0 Å². The molecule has 1 aliphatic rings. The number of aliphatic hydroxyl groups excluding tert-OH is 1. The van der Waals surface area contributed by atoms with E-state index in [2.05, 4.69) is 33.1 Å². The van der Waals surface area contributed by atoms with Gasteiger partial charge in [-0.15, -0.1) is 5.10 Å². The Labute approximate surface area is 340 Å². The first-order chi connectivity index (χ1) is 28.3. The number of methoxy groups -OCH3 is 1. The van der Waals surface area contributed by atoms with Crippen molar-refractivity contribution in [3.05, 3.63) is 155 Å². The number of benzene rings is 5. The summed E-state index contributed by atoms with van der Waals surface area (Å²) in [5, 5.41) is 37.9. The number of rotatable bonds is 14. The number of aromatic nitrogens is 4. The molecule has 14 heteroatoms. The van der Waals surface area contributed by atoms with E-state index >= 15 is 0 Å². The molecule has 13 nitrogen and oxygen atoms in total. The standard InChI is InChI=1S/C44H44N6O7S/c1-28-39(27-58-44-47-48-49-50(44)36-19-21-37(52)22-20-36)56-42(57-40(28)33-13-11-30(26-51)12-14-33)34-17-15-32(16-18-34)35-10-6-9-31(23-35)25-45-43(54)46-38(41(53)55-2)24-29-7-4-3-5-8-29/h3-23,28,38-40,42,51-52H,24-27H2,1-2H3,(H2,45,46,54)/t28-,38+,39+,40+,42+/m1/s1. The zero-order chi connectivity index (χ0) is 40.4. The average Bonchev–Trinajstić information content (AvgIpc) is 3.74. The number of aliphatic hydroxyl groups is 1. The third-order valence-electron chi connectivity index (χ3n) is 10.0. The van der Waals surface area contributed by atoms with Crippen molar-refractivity contribution in [1.29, 1.82) is 0 Å². The van der Waals surface area contributed by atoms with Crippen LogP contribution in [0.1, 0.15) is 47.1 Å². The van der Waals surface area contributed by atoms with Crippen LogP contribution in [0.15, 0.2) is 133 Å². The number of amides is 2. The number of esters is 1. The minimum absolute atomic E-state index is 0.0458. The van der Waals surface area contributed by atoms with Gasteiger partial charge in [0.2, 0.25) is 5.16 Å². The van der Waals surface area contributed by atoms with Crippen LogP contribution in [-0.4, -0.2) is 67.4 Å². The fourth-order valence-corrected chi connectivity index (χ4v) is 7.82. The Hall–Kier alpha value is -6.06. The summed E-state index contributed by atoms with van der Waals surface area (Å²) < 4.78 is 19.9. The molecule has 0 saturated carbocycles. The molecule has 1 saturated heterocycles. The Morgan fingerprint density at radius 2 is 1.57 bits per heavy atom. The van der Waals surface area contributed by atoms with Crippen LogP contribution >= 0.6 is 11.8 Å². The van der Waals surface area contributed by atoms with Gasteiger partial charge < -0.3 is 35.1 Å². The molecule has 5 aromatic carbocycles. The van der Waals surface area contributed by atoms with Crippen molar-refractivity contribution in [3.63, 3.8) is 0 Å². The zero-order valence-electron chi connectivity index (χ0n) is 32.0. The highest BCUT2D eigenvalue weighted by Gasteiger charge is 2.38. The predicted octanol–water partition coefficient (Wildman–Crippen LogP) is 6.69. The number of aromatic hydroxyl groups is 1. The first-order valence-electron chi connectivity index (χ1n) is 18.8. The van der Waals surface area contributed by atoms with Gasteiger partial charge in [-0.05, 0) is 74.1 Å². The second-order valence-electron chi connectivity index (χ2n) is 13.9. The molecule has 1 aliphatic heterocycles. The lowest BCUT2D eigenvalue weighted by molar-refractivity contribution is -0.268. The third-order valence-corrected chi connectivity index (χ3v) is 11.0. The van der Waals surface area contributed by atoms with Gasteiger partial charge in [-0.2, -0.15) is 4.68 Å². The Kier molecular flexibility index (Phi) is 13.1. The number of phenolic OH excluding ortho intramolecular Hbond substituents is 1. The molecule has 0 aliphatic carbocycles. The molecule has 298 valence electrons. The molecule has 2 heterocycles. The number of thioether (sulfide) groups is 1. The molecule has 0 radical (unpaired) electrons. The number of carbonyl (C=O) groups excluding carboxylic acids is 2. The molecule has 1 fully saturated rings. The van der Waals surface area contributed by atoms with Gasteiger partial charge in [-0.3, -0.25) is 0 Å². The van der Waals surface area contributed by atoms with Crippen LogP contribution in [0.25, 0.3) is 16.8 Å². The topological polar surface area (TPSA) is 170 Å². The molecule has 6 aromatic rings. The highest BCUT2D eigenvalue weighted by Crippen LogP contribution is 2.43. The van der Waals surface area contributed by atoms with Gasteiger partial charge in [0.15, 0.2) is 6.29 Å². The van der Waals surface area contributed by atoms with Crippen LogP contribution < -0.4 is 10.6 Å². The van der Waals surface area contributed by atoms with Crippen LogP contribution in [-0.2, 0) is 38.6 Å². The average molecular weight is 801 g/mol. The molecule has 0 spiro atoms. The van der Waals surface area contributed by atoms with E-state index in [1.165, 1.54) is 18.9 Å². The van der Waals surface area contributed by atoms with Crippen molar-refractivity contribution >= 4 is 23.8 Å². The minimum atomic E-state index is -0.829. The number of ether oxygens (including phenoxy) is 3. The van der Waals surface area contributed by atoms with Gasteiger partial charge in [-0.25, -0.2) is 9.59 Å². The Bertz CT molecular complexity index is 2270. The second-order valence-corrected chi connectivity index (χ2v) is 14.9. The molecule has 7 rings (SSSR count). The van der Waals surface area contributed by atoms with E-state index in [9.17, 15) is 19.8 Å². The van der Waals surface area contributed by atoms with Gasteiger partial charge in [0.25, 0.3) is 0 Å². The van der Waals surface area contributed by atoms with Gasteiger partial charge in [0.1, 0.15) is 11.8 Å². The molecule has 0 bridgehead atoms. The van der Waals surface area contributed by atoms with Crippen LogP contribution in [0.2, 0.25) is 0 Å². The lowest BCUT2D eigenvalue weighted by Crippen LogP contribution is -2.47. The fourth-order valence-electron chi connectivity index (χ4n) is 6.76. The van der Waals surface area contributed by atoms with Crippen molar-refractivity contribution in [2.75, 3.05) is 12.9 Å². The first kappa shape index (κ1) is 40.1. The first-order valence-corrected chi connectivity index (χ1v) is 19.8. The van der Waals surface area contributed by atoms with Crippen molar-refractivity contribution in [3.8, 4) is 22.6 Å². The molecule has 4 N–H and O–H groups in total. The van der Waals surface area contributed by atoms with Crippen LogP contribution in [0.3, 0.4) is 0 Å². The quantitative estimate of drug-likeness (QED) is 0.0684. The van der Waals surface area contributed by atoms with Crippen molar-refractivity contribution in [2.45, 2.75) is 56.2 Å². The van der Waals surface area contributed by atoms with Gasteiger partial charge in [0.05, 0.1) is 31.6 Å². The fraction of sp³-hybridized carbons (Fsp3) is 0.250. The summed E-state index contributed by atoms with van der Waals surface area (Å²) in [4.78, 5) is 25.3. The molecule has 0 unspecified atom stereocenters. The molecular formula is C44H44N6O7S. The summed E-state index contributed by atoms with van der Waals surface area (Å²) in [5.74, 6) is 0.129. The number of tetrazole rings is 1. The normalized spacial score (nSPS) is 18.3.